The molecule has 3 atom stereocenters. The van der Waals surface area contributed by atoms with Crippen molar-refractivity contribution in [2.45, 2.75) is 61.9 Å². The normalized spacial score (nSPS) is 37.3. The van der Waals surface area contributed by atoms with E-state index >= 15 is 0 Å². The van der Waals surface area contributed by atoms with Crippen molar-refractivity contribution in [3.8, 4) is 0 Å². The van der Waals surface area contributed by atoms with Crippen molar-refractivity contribution in [2.75, 3.05) is 6.61 Å². The number of ether oxygens (including phenoxy) is 1. The van der Waals surface area contributed by atoms with Crippen LogP contribution in [-0.2, 0) is 9.53 Å². The Morgan fingerprint density at radius 2 is 1.88 bits per heavy atom. The molecule has 3 aliphatic rings. The van der Waals surface area contributed by atoms with Crippen LogP contribution in [-0.4, -0.2) is 23.1 Å². The number of hydrogen-bond acceptors (Lipinski definition) is 3. The van der Waals surface area contributed by atoms with Crippen molar-refractivity contribution in [1.29, 1.82) is 0 Å². The van der Waals surface area contributed by atoms with Crippen LogP contribution in [0.2, 0.25) is 0 Å². The Kier molecular flexibility index (Phi) is 3.64. The zero-order chi connectivity index (χ0) is 11.7. The number of carbonyl (C=O) groups excluding carboxylic acids is 1. The molecule has 0 spiro atoms. The molecule has 96 valence electrons. The van der Waals surface area contributed by atoms with Gasteiger partial charge in [-0.3, -0.25) is 4.79 Å². The van der Waals surface area contributed by atoms with Crippen LogP contribution < -0.4 is 0 Å². The second-order valence-corrected chi connectivity index (χ2v) is 7.34. The molecule has 2 aliphatic carbocycles. The van der Waals surface area contributed by atoms with E-state index < -0.39 is 0 Å². The number of rotatable bonds is 3. The summed E-state index contributed by atoms with van der Waals surface area (Å²) in [6.07, 6.45) is 9.93. The lowest BCUT2D eigenvalue weighted by Crippen LogP contribution is -2.26. The lowest BCUT2D eigenvalue weighted by molar-refractivity contribution is -0.151. The maximum Gasteiger partial charge on any atom is 0.308 e. The van der Waals surface area contributed by atoms with E-state index in [9.17, 15) is 4.79 Å². The third kappa shape index (κ3) is 2.98. The van der Waals surface area contributed by atoms with Crippen LogP contribution in [0.15, 0.2) is 0 Å². The molecule has 0 aromatic rings. The molecule has 2 nitrogen and oxygen atoms in total. The summed E-state index contributed by atoms with van der Waals surface area (Å²) in [4.78, 5) is 12.0. The molecule has 3 heteroatoms. The van der Waals surface area contributed by atoms with Gasteiger partial charge in [0.25, 0.3) is 0 Å². The number of thioether (sulfide) groups is 1. The van der Waals surface area contributed by atoms with Crippen LogP contribution >= 0.6 is 11.8 Å². The Morgan fingerprint density at radius 1 is 1.06 bits per heavy atom. The molecule has 0 radical (unpaired) electrons. The Labute approximate surface area is 108 Å². The maximum atomic E-state index is 12.0. The summed E-state index contributed by atoms with van der Waals surface area (Å²) >= 11 is 2.06. The first kappa shape index (κ1) is 11.9. The van der Waals surface area contributed by atoms with Gasteiger partial charge in [-0.05, 0) is 38.0 Å². The topological polar surface area (TPSA) is 26.3 Å². The van der Waals surface area contributed by atoms with Crippen molar-refractivity contribution in [3.63, 3.8) is 0 Å². The summed E-state index contributed by atoms with van der Waals surface area (Å²) in [6.45, 7) is 0.691. The van der Waals surface area contributed by atoms with Crippen LogP contribution in [0.4, 0.5) is 0 Å². The van der Waals surface area contributed by atoms with E-state index in [0.717, 1.165) is 23.3 Å². The van der Waals surface area contributed by atoms with E-state index in [-0.39, 0.29) is 11.9 Å². The van der Waals surface area contributed by atoms with E-state index in [0.29, 0.717) is 12.5 Å². The van der Waals surface area contributed by atoms with Crippen molar-refractivity contribution in [1.82, 2.24) is 0 Å². The summed E-state index contributed by atoms with van der Waals surface area (Å²) in [5, 5.41) is 1.67. The SMILES string of the molecule is O=C(OCC1CCCCC1)C1CCC2SC2C1. The van der Waals surface area contributed by atoms with E-state index in [2.05, 4.69) is 11.8 Å². The minimum Gasteiger partial charge on any atom is -0.465 e. The first-order chi connectivity index (χ1) is 8.33. The molecule has 0 N–H and O–H groups in total. The summed E-state index contributed by atoms with van der Waals surface area (Å²) in [5.74, 6) is 0.968. The van der Waals surface area contributed by atoms with Gasteiger partial charge in [0.1, 0.15) is 0 Å². The predicted octanol–water partition coefficient (Wildman–Crippen LogP) is 3.39. The zero-order valence-corrected chi connectivity index (χ0v) is 11.2. The highest BCUT2D eigenvalue weighted by Crippen LogP contribution is 2.52. The van der Waals surface area contributed by atoms with Gasteiger partial charge in [-0.2, -0.15) is 11.8 Å². The highest BCUT2D eigenvalue weighted by atomic mass is 32.2. The maximum absolute atomic E-state index is 12.0. The Hall–Kier alpha value is -0.180. The summed E-state index contributed by atoms with van der Waals surface area (Å²) in [7, 11) is 0. The predicted molar refractivity (Wildman–Crippen MR) is 70.0 cm³/mol. The van der Waals surface area contributed by atoms with Gasteiger partial charge in [-0.1, -0.05) is 19.3 Å². The van der Waals surface area contributed by atoms with Crippen LogP contribution in [0, 0.1) is 11.8 Å². The molecule has 3 fully saturated rings. The van der Waals surface area contributed by atoms with Crippen molar-refractivity contribution >= 4 is 17.7 Å². The van der Waals surface area contributed by atoms with Gasteiger partial charge >= 0.3 is 5.97 Å². The third-order valence-corrected chi connectivity index (χ3v) is 5.99. The van der Waals surface area contributed by atoms with Crippen LogP contribution in [0.5, 0.6) is 0 Å². The molecule has 1 heterocycles. The molecule has 1 aliphatic heterocycles. The lowest BCUT2D eigenvalue weighted by atomic mass is 9.89. The summed E-state index contributed by atoms with van der Waals surface area (Å²) < 4.78 is 5.54. The highest BCUT2D eigenvalue weighted by molar-refractivity contribution is 8.07. The molecule has 3 rings (SSSR count). The molecule has 2 saturated carbocycles. The molecule has 0 aromatic carbocycles. The van der Waals surface area contributed by atoms with Crippen LogP contribution in [0.25, 0.3) is 0 Å². The Bertz CT molecular complexity index is 286. The standard InChI is InChI=1S/C14H22O2S/c15-14(11-6-7-12-13(8-11)17-12)16-9-10-4-2-1-3-5-10/h10-13H,1-9H2. The van der Waals surface area contributed by atoms with Crippen molar-refractivity contribution in [3.05, 3.63) is 0 Å². The molecule has 17 heavy (non-hydrogen) atoms. The summed E-state index contributed by atoms with van der Waals surface area (Å²) in [5.41, 5.74) is 0. The minimum absolute atomic E-state index is 0.0986. The van der Waals surface area contributed by atoms with Crippen LogP contribution in [0.3, 0.4) is 0 Å². The fraction of sp³-hybridized carbons (Fsp3) is 0.929. The molecule has 0 amide bonds. The average Bonchev–Trinajstić information content (AvgIpc) is 3.15. The second kappa shape index (κ2) is 5.21. The van der Waals surface area contributed by atoms with Gasteiger partial charge in [0, 0.05) is 10.5 Å². The van der Waals surface area contributed by atoms with Gasteiger partial charge in [0.15, 0.2) is 0 Å². The van der Waals surface area contributed by atoms with E-state index in [1.54, 1.807) is 0 Å². The van der Waals surface area contributed by atoms with Gasteiger partial charge in [-0.15, -0.1) is 0 Å². The number of esters is 1. The summed E-state index contributed by atoms with van der Waals surface area (Å²) in [6, 6.07) is 0. The first-order valence-corrected chi connectivity index (χ1v) is 8.09. The van der Waals surface area contributed by atoms with Gasteiger partial charge in [0.05, 0.1) is 12.5 Å². The highest BCUT2D eigenvalue weighted by Gasteiger charge is 2.45. The largest absolute Gasteiger partial charge is 0.465 e. The minimum atomic E-state index is 0.0986. The molecule has 0 aromatic heterocycles. The molecule has 3 unspecified atom stereocenters. The monoisotopic (exact) mass is 254 g/mol. The van der Waals surface area contributed by atoms with Crippen molar-refractivity contribution < 1.29 is 9.53 Å². The van der Waals surface area contributed by atoms with E-state index in [1.165, 1.54) is 38.5 Å². The second-order valence-electron chi connectivity index (χ2n) is 5.86. The number of carbonyl (C=O) groups is 1. The zero-order valence-electron chi connectivity index (χ0n) is 10.4. The number of hydrogen-bond donors (Lipinski definition) is 0. The first-order valence-electron chi connectivity index (χ1n) is 7.15. The fourth-order valence-electron chi connectivity index (χ4n) is 3.29. The Morgan fingerprint density at radius 3 is 2.65 bits per heavy atom. The van der Waals surface area contributed by atoms with Gasteiger partial charge < -0.3 is 4.74 Å². The molecule has 1 saturated heterocycles. The molecular weight excluding hydrogens is 232 g/mol. The number of fused-ring (bicyclic) bond motifs is 1. The smallest absolute Gasteiger partial charge is 0.308 e. The van der Waals surface area contributed by atoms with Gasteiger partial charge in [-0.25, -0.2) is 0 Å². The molecule has 0 bridgehead atoms. The average molecular weight is 254 g/mol. The fourth-order valence-corrected chi connectivity index (χ4v) is 4.51. The van der Waals surface area contributed by atoms with Crippen LogP contribution in [0.1, 0.15) is 51.4 Å². The Balaban J connectivity index is 1.40. The third-order valence-electron chi connectivity index (χ3n) is 4.52. The van der Waals surface area contributed by atoms with Crippen molar-refractivity contribution in [2.24, 2.45) is 11.8 Å². The molecular formula is C14H22O2S. The van der Waals surface area contributed by atoms with E-state index in [1.807, 2.05) is 0 Å². The van der Waals surface area contributed by atoms with E-state index in [4.69, 9.17) is 4.74 Å². The lowest BCUT2D eigenvalue weighted by Gasteiger charge is -2.23. The quantitative estimate of drug-likeness (QED) is 0.570. The van der Waals surface area contributed by atoms with Gasteiger partial charge in [0.2, 0.25) is 0 Å².